The summed E-state index contributed by atoms with van der Waals surface area (Å²) >= 11 is 0. The Labute approximate surface area is 99.3 Å². The maximum absolute atomic E-state index is 9.28. The van der Waals surface area contributed by atoms with Crippen LogP contribution >= 0.6 is 0 Å². The number of aromatic hydroxyl groups is 1. The number of nitrogens with zero attached hydrogens (tertiary/aromatic N) is 2. The van der Waals surface area contributed by atoms with Gasteiger partial charge in [0.1, 0.15) is 5.75 Å². The van der Waals surface area contributed by atoms with Crippen LogP contribution in [-0.4, -0.2) is 11.3 Å². The molecule has 0 atom stereocenters. The van der Waals surface area contributed by atoms with Gasteiger partial charge in [-0.3, -0.25) is 4.99 Å². The summed E-state index contributed by atoms with van der Waals surface area (Å²) in [6, 6.07) is 15.9. The second kappa shape index (κ2) is 4.95. The van der Waals surface area contributed by atoms with Crippen LogP contribution in [0.15, 0.2) is 53.5 Å². The van der Waals surface area contributed by atoms with Crippen LogP contribution in [0, 0.1) is 11.3 Å². The Balaban J connectivity index is 2.17. The molecule has 0 saturated carbocycles. The van der Waals surface area contributed by atoms with Gasteiger partial charge in [-0.1, -0.05) is 12.1 Å². The molecular weight excluding hydrogens is 212 g/mol. The third-order valence-electron chi connectivity index (χ3n) is 2.23. The Bertz CT molecular complexity index is 580. The van der Waals surface area contributed by atoms with Crippen LogP contribution in [0.3, 0.4) is 0 Å². The fraction of sp³-hybridized carbons (Fsp3) is 0. The first-order chi connectivity index (χ1) is 8.28. The highest BCUT2D eigenvalue weighted by Crippen LogP contribution is 2.14. The summed E-state index contributed by atoms with van der Waals surface area (Å²) in [5, 5.41) is 17.9. The molecule has 17 heavy (non-hydrogen) atoms. The number of aliphatic imine (C=N–C) groups is 1. The Morgan fingerprint density at radius 1 is 1.12 bits per heavy atom. The van der Waals surface area contributed by atoms with Crippen LogP contribution in [0.5, 0.6) is 5.75 Å². The molecular formula is C14H10N2O. The SMILES string of the molecule is N#Cc1ccc(N=Cc2cccc(O)c2)cc1. The van der Waals surface area contributed by atoms with Crippen LogP contribution < -0.4 is 0 Å². The minimum Gasteiger partial charge on any atom is -0.508 e. The van der Waals surface area contributed by atoms with Gasteiger partial charge in [-0.15, -0.1) is 0 Å². The van der Waals surface area contributed by atoms with E-state index in [0.29, 0.717) is 5.56 Å². The second-order valence-corrected chi connectivity index (χ2v) is 3.51. The predicted octanol–water partition coefficient (Wildman–Crippen LogP) is 3.01. The number of nitriles is 1. The molecule has 3 heteroatoms. The molecule has 0 amide bonds. The van der Waals surface area contributed by atoms with E-state index in [0.717, 1.165) is 11.3 Å². The number of hydrogen-bond donors (Lipinski definition) is 1. The van der Waals surface area contributed by atoms with E-state index in [9.17, 15) is 5.11 Å². The zero-order chi connectivity index (χ0) is 12.1. The molecule has 1 N–H and O–H groups in total. The van der Waals surface area contributed by atoms with Crippen LogP contribution in [0.1, 0.15) is 11.1 Å². The molecule has 0 fully saturated rings. The van der Waals surface area contributed by atoms with Gasteiger partial charge in [0, 0.05) is 6.21 Å². The van der Waals surface area contributed by atoms with Gasteiger partial charge < -0.3 is 5.11 Å². The van der Waals surface area contributed by atoms with Gasteiger partial charge in [-0.25, -0.2) is 0 Å². The molecule has 0 aliphatic rings. The van der Waals surface area contributed by atoms with Crippen molar-refractivity contribution < 1.29 is 5.11 Å². The average Bonchev–Trinajstić information content (AvgIpc) is 2.37. The highest BCUT2D eigenvalue weighted by atomic mass is 16.3. The van der Waals surface area contributed by atoms with Crippen molar-refractivity contribution in [1.29, 1.82) is 5.26 Å². The van der Waals surface area contributed by atoms with E-state index in [-0.39, 0.29) is 5.75 Å². The van der Waals surface area contributed by atoms with E-state index in [1.165, 1.54) is 0 Å². The lowest BCUT2D eigenvalue weighted by Gasteiger charge is -1.95. The van der Waals surface area contributed by atoms with Crippen molar-refractivity contribution >= 4 is 11.9 Å². The maximum Gasteiger partial charge on any atom is 0.116 e. The Kier molecular flexibility index (Phi) is 3.18. The first kappa shape index (κ1) is 10.9. The van der Waals surface area contributed by atoms with Gasteiger partial charge in [-0.05, 0) is 42.0 Å². The molecule has 0 unspecified atom stereocenters. The second-order valence-electron chi connectivity index (χ2n) is 3.51. The van der Waals surface area contributed by atoms with Crippen LogP contribution in [0.4, 0.5) is 5.69 Å². The van der Waals surface area contributed by atoms with Gasteiger partial charge >= 0.3 is 0 Å². The topological polar surface area (TPSA) is 56.4 Å². The minimum atomic E-state index is 0.216. The predicted molar refractivity (Wildman–Crippen MR) is 66.5 cm³/mol. The third kappa shape index (κ3) is 2.93. The fourth-order valence-corrected chi connectivity index (χ4v) is 1.38. The first-order valence-corrected chi connectivity index (χ1v) is 5.11. The van der Waals surface area contributed by atoms with Crippen LogP contribution in [-0.2, 0) is 0 Å². The van der Waals surface area contributed by atoms with E-state index in [1.54, 1.807) is 48.7 Å². The summed E-state index contributed by atoms with van der Waals surface area (Å²) in [5.74, 6) is 0.216. The normalized spacial score (nSPS) is 10.3. The number of phenols is 1. The Morgan fingerprint density at radius 3 is 2.53 bits per heavy atom. The quantitative estimate of drug-likeness (QED) is 0.794. The summed E-state index contributed by atoms with van der Waals surface area (Å²) < 4.78 is 0. The molecule has 0 saturated heterocycles. The highest BCUT2D eigenvalue weighted by Gasteiger charge is 1.92. The first-order valence-electron chi connectivity index (χ1n) is 5.11. The van der Waals surface area contributed by atoms with Crippen LogP contribution in [0.25, 0.3) is 0 Å². The van der Waals surface area contributed by atoms with Gasteiger partial charge in [0.05, 0.1) is 17.3 Å². The van der Waals surface area contributed by atoms with Gasteiger partial charge in [0.2, 0.25) is 0 Å². The van der Waals surface area contributed by atoms with Crippen molar-refractivity contribution in [1.82, 2.24) is 0 Å². The zero-order valence-electron chi connectivity index (χ0n) is 9.04. The Hall–Kier alpha value is -2.60. The smallest absolute Gasteiger partial charge is 0.116 e. The third-order valence-corrected chi connectivity index (χ3v) is 2.23. The van der Waals surface area contributed by atoms with Crippen molar-refractivity contribution in [2.45, 2.75) is 0 Å². The number of benzene rings is 2. The van der Waals surface area contributed by atoms with Gasteiger partial charge in [-0.2, -0.15) is 5.26 Å². The van der Waals surface area contributed by atoms with E-state index >= 15 is 0 Å². The summed E-state index contributed by atoms with van der Waals surface area (Å²) in [4.78, 5) is 4.25. The van der Waals surface area contributed by atoms with E-state index in [1.807, 2.05) is 6.07 Å². The van der Waals surface area contributed by atoms with E-state index < -0.39 is 0 Å². The zero-order valence-corrected chi connectivity index (χ0v) is 9.04. The molecule has 2 aromatic carbocycles. The fourth-order valence-electron chi connectivity index (χ4n) is 1.38. The molecule has 0 aromatic heterocycles. The highest BCUT2D eigenvalue weighted by molar-refractivity contribution is 5.82. The van der Waals surface area contributed by atoms with Gasteiger partial charge in [0.15, 0.2) is 0 Å². The molecule has 0 spiro atoms. The number of phenolic OH excluding ortho intramolecular Hbond substituents is 1. The minimum absolute atomic E-state index is 0.216. The lowest BCUT2D eigenvalue weighted by molar-refractivity contribution is 0.475. The van der Waals surface area contributed by atoms with Crippen LogP contribution in [0.2, 0.25) is 0 Å². The summed E-state index contributed by atoms with van der Waals surface area (Å²) in [6.07, 6.45) is 1.67. The average molecular weight is 222 g/mol. The molecule has 0 aliphatic heterocycles. The number of hydrogen-bond acceptors (Lipinski definition) is 3. The van der Waals surface area contributed by atoms with Crippen molar-refractivity contribution in [3.63, 3.8) is 0 Å². The summed E-state index contributed by atoms with van der Waals surface area (Å²) in [6.45, 7) is 0. The lowest BCUT2D eigenvalue weighted by atomic mass is 10.2. The van der Waals surface area contributed by atoms with Crippen molar-refractivity contribution in [3.05, 3.63) is 59.7 Å². The molecule has 2 rings (SSSR count). The monoisotopic (exact) mass is 222 g/mol. The molecule has 0 bridgehead atoms. The van der Waals surface area contributed by atoms with E-state index in [4.69, 9.17) is 5.26 Å². The summed E-state index contributed by atoms with van der Waals surface area (Å²) in [7, 11) is 0. The maximum atomic E-state index is 9.28. The molecule has 2 aromatic rings. The molecule has 0 radical (unpaired) electrons. The number of rotatable bonds is 2. The molecule has 3 nitrogen and oxygen atoms in total. The van der Waals surface area contributed by atoms with E-state index in [2.05, 4.69) is 11.1 Å². The molecule has 82 valence electrons. The van der Waals surface area contributed by atoms with Crippen molar-refractivity contribution in [2.24, 2.45) is 4.99 Å². The molecule has 0 heterocycles. The standard InChI is InChI=1S/C14H10N2O/c15-9-11-4-6-13(7-5-11)16-10-12-2-1-3-14(17)8-12/h1-8,10,17H. The van der Waals surface area contributed by atoms with Crippen molar-refractivity contribution in [2.75, 3.05) is 0 Å². The van der Waals surface area contributed by atoms with Gasteiger partial charge in [0.25, 0.3) is 0 Å². The lowest BCUT2D eigenvalue weighted by Crippen LogP contribution is -1.79. The van der Waals surface area contributed by atoms with Crippen molar-refractivity contribution in [3.8, 4) is 11.8 Å². The largest absolute Gasteiger partial charge is 0.508 e. The molecule has 0 aliphatic carbocycles. The Morgan fingerprint density at radius 2 is 1.88 bits per heavy atom. The summed E-state index contributed by atoms with van der Waals surface area (Å²) in [5.41, 5.74) is 2.21.